The average Bonchev–Trinajstić information content (AvgIpc) is 3.01. The summed E-state index contributed by atoms with van der Waals surface area (Å²) < 4.78 is 0. The van der Waals surface area contributed by atoms with Crippen molar-refractivity contribution in [2.24, 2.45) is 11.8 Å². The largest absolute Gasteiger partial charge is 0.353 e. The van der Waals surface area contributed by atoms with Gasteiger partial charge in [-0.25, -0.2) is 0 Å². The first-order valence-corrected chi connectivity index (χ1v) is 11.4. The van der Waals surface area contributed by atoms with Crippen molar-refractivity contribution in [3.63, 3.8) is 0 Å². The molecule has 2 amide bonds. The van der Waals surface area contributed by atoms with Crippen LogP contribution in [0.15, 0.2) is 24.3 Å². The van der Waals surface area contributed by atoms with Crippen molar-refractivity contribution in [2.75, 3.05) is 6.54 Å². The van der Waals surface area contributed by atoms with Gasteiger partial charge in [0.15, 0.2) is 0 Å². The molecule has 1 aliphatic heterocycles. The molecule has 0 spiro atoms. The van der Waals surface area contributed by atoms with Gasteiger partial charge in [0.1, 0.15) is 0 Å². The van der Waals surface area contributed by atoms with Gasteiger partial charge in [0.25, 0.3) is 0 Å². The Bertz CT molecular complexity index is 686. The Hall–Kier alpha value is -1.84. The molecule has 4 nitrogen and oxygen atoms in total. The highest BCUT2D eigenvalue weighted by atomic mass is 16.2. The SMILES string of the molecule is O=C(NC1CCCCCC1)C1CCC(C(=O)N2CCc3ccccc3C2)CC1. The minimum atomic E-state index is 0.104. The first-order valence-electron chi connectivity index (χ1n) is 11.4. The highest BCUT2D eigenvalue weighted by Crippen LogP contribution is 2.32. The summed E-state index contributed by atoms with van der Waals surface area (Å²) in [6.45, 7) is 1.58. The first kappa shape index (κ1) is 19.5. The molecule has 2 fully saturated rings. The lowest BCUT2D eigenvalue weighted by Crippen LogP contribution is -2.43. The van der Waals surface area contributed by atoms with Crippen LogP contribution in [-0.2, 0) is 22.6 Å². The molecule has 3 aliphatic rings. The number of hydrogen-bond donors (Lipinski definition) is 1. The maximum atomic E-state index is 13.0. The quantitative estimate of drug-likeness (QED) is 0.796. The number of hydrogen-bond acceptors (Lipinski definition) is 2. The molecule has 152 valence electrons. The molecule has 1 N–H and O–H groups in total. The number of benzene rings is 1. The van der Waals surface area contributed by atoms with Gasteiger partial charge in [0.05, 0.1) is 0 Å². The van der Waals surface area contributed by atoms with Gasteiger partial charge >= 0.3 is 0 Å². The van der Waals surface area contributed by atoms with Gasteiger partial charge in [-0.1, -0.05) is 49.9 Å². The molecule has 0 radical (unpaired) electrons. The minimum absolute atomic E-state index is 0.104. The van der Waals surface area contributed by atoms with E-state index in [0.717, 1.165) is 58.0 Å². The van der Waals surface area contributed by atoms with Crippen LogP contribution in [0, 0.1) is 11.8 Å². The van der Waals surface area contributed by atoms with Gasteiger partial charge in [-0.15, -0.1) is 0 Å². The molecule has 2 saturated carbocycles. The highest BCUT2D eigenvalue weighted by Gasteiger charge is 2.33. The third kappa shape index (κ3) is 4.59. The monoisotopic (exact) mass is 382 g/mol. The summed E-state index contributed by atoms with van der Waals surface area (Å²) in [5.74, 6) is 0.753. The van der Waals surface area contributed by atoms with Crippen LogP contribution in [0.5, 0.6) is 0 Å². The van der Waals surface area contributed by atoms with Gasteiger partial charge in [-0.05, 0) is 56.1 Å². The summed E-state index contributed by atoms with van der Waals surface area (Å²) in [5.41, 5.74) is 2.67. The van der Waals surface area contributed by atoms with Crippen LogP contribution in [0.1, 0.15) is 75.3 Å². The van der Waals surface area contributed by atoms with Gasteiger partial charge in [0.2, 0.25) is 11.8 Å². The van der Waals surface area contributed by atoms with E-state index in [1.165, 1.54) is 36.8 Å². The van der Waals surface area contributed by atoms with Crippen molar-refractivity contribution in [1.82, 2.24) is 10.2 Å². The Morgan fingerprint density at radius 3 is 2.18 bits per heavy atom. The lowest BCUT2D eigenvalue weighted by Gasteiger charge is -2.34. The van der Waals surface area contributed by atoms with Gasteiger partial charge in [0, 0.05) is 31.0 Å². The Kier molecular flexibility index (Phi) is 6.33. The number of fused-ring (bicyclic) bond motifs is 1. The van der Waals surface area contributed by atoms with E-state index in [2.05, 4.69) is 29.6 Å². The maximum absolute atomic E-state index is 13.0. The van der Waals surface area contributed by atoms with Crippen molar-refractivity contribution < 1.29 is 9.59 Å². The lowest BCUT2D eigenvalue weighted by molar-refractivity contribution is -0.139. The third-order valence-electron chi connectivity index (χ3n) is 7.09. The Morgan fingerprint density at radius 2 is 1.46 bits per heavy atom. The molecule has 4 rings (SSSR count). The zero-order chi connectivity index (χ0) is 19.3. The molecule has 0 saturated heterocycles. The summed E-state index contributed by atoms with van der Waals surface area (Å²) in [6, 6.07) is 8.84. The van der Waals surface area contributed by atoms with E-state index < -0.39 is 0 Å². The van der Waals surface area contributed by atoms with Crippen LogP contribution in [0.4, 0.5) is 0 Å². The number of amides is 2. The van der Waals surface area contributed by atoms with Crippen molar-refractivity contribution in [2.45, 2.75) is 83.2 Å². The van der Waals surface area contributed by atoms with Crippen LogP contribution < -0.4 is 5.32 Å². The Labute approximate surface area is 169 Å². The van der Waals surface area contributed by atoms with E-state index in [1.807, 2.05) is 4.90 Å². The molecule has 1 aromatic rings. The number of carbonyl (C=O) groups excluding carboxylic acids is 2. The average molecular weight is 383 g/mol. The standard InChI is InChI=1S/C24H34N2O2/c27-23(25-22-9-3-1-2-4-10-22)19-11-13-20(14-12-19)24(28)26-16-15-18-7-5-6-8-21(18)17-26/h5-8,19-20,22H,1-4,9-17H2,(H,25,27). The molecule has 2 aliphatic carbocycles. The molecule has 4 heteroatoms. The Morgan fingerprint density at radius 1 is 0.821 bits per heavy atom. The van der Waals surface area contributed by atoms with Crippen LogP contribution in [0.25, 0.3) is 0 Å². The van der Waals surface area contributed by atoms with Crippen LogP contribution >= 0.6 is 0 Å². The molecular formula is C24H34N2O2. The fourth-order valence-electron chi connectivity index (χ4n) is 5.29. The summed E-state index contributed by atoms with van der Waals surface area (Å²) in [5, 5.41) is 3.31. The zero-order valence-electron chi connectivity index (χ0n) is 17.0. The lowest BCUT2D eigenvalue weighted by atomic mass is 9.80. The van der Waals surface area contributed by atoms with E-state index in [1.54, 1.807) is 0 Å². The Balaban J connectivity index is 1.26. The number of nitrogens with zero attached hydrogens (tertiary/aromatic N) is 1. The van der Waals surface area contributed by atoms with Crippen molar-refractivity contribution >= 4 is 11.8 Å². The van der Waals surface area contributed by atoms with Crippen LogP contribution in [0.2, 0.25) is 0 Å². The van der Waals surface area contributed by atoms with Gasteiger partial charge in [-0.3, -0.25) is 9.59 Å². The second-order valence-electron chi connectivity index (χ2n) is 9.02. The summed E-state index contributed by atoms with van der Waals surface area (Å²) >= 11 is 0. The van der Waals surface area contributed by atoms with E-state index in [-0.39, 0.29) is 17.7 Å². The highest BCUT2D eigenvalue weighted by molar-refractivity contribution is 5.81. The molecule has 0 atom stereocenters. The second kappa shape index (κ2) is 9.11. The number of carbonyl (C=O) groups is 2. The molecule has 0 unspecified atom stereocenters. The second-order valence-corrected chi connectivity index (χ2v) is 9.02. The summed E-state index contributed by atoms with van der Waals surface area (Å²) in [6.07, 6.45) is 11.8. The third-order valence-corrected chi connectivity index (χ3v) is 7.09. The van der Waals surface area contributed by atoms with Crippen molar-refractivity contribution in [3.8, 4) is 0 Å². The van der Waals surface area contributed by atoms with E-state index >= 15 is 0 Å². The molecular weight excluding hydrogens is 348 g/mol. The normalized spacial score (nSPS) is 26.2. The van der Waals surface area contributed by atoms with Crippen LogP contribution in [-0.4, -0.2) is 29.3 Å². The smallest absolute Gasteiger partial charge is 0.225 e. The van der Waals surface area contributed by atoms with E-state index in [0.29, 0.717) is 11.9 Å². The predicted molar refractivity (Wildman–Crippen MR) is 111 cm³/mol. The maximum Gasteiger partial charge on any atom is 0.225 e. The first-order chi connectivity index (χ1) is 13.7. The number of rotatable bonds is 3. The predicted octanol–water partition coefficient (Wildman–Crippen LogP) is 4.22. The zero-order valence-corrected chi connectivity index (χ0v) is 17.0. The molecule has 28 heavy (non-hydrogen) atoms. The molecule has 1 aromatic carbocycles. The van der Waals surface area contributed by atoms with Crippen molar-refractivity contribution in [1.29, 1.82) is 0 Å². The van der Waals surface area contributed by atoms with Crippen LogP contribution in [0.3, 0.4) is 0 Å². The fourth-order valence-corrected chi connectivity index (χ4v) is 5.29. The van der Waals surface area contributed by atoms with Crippen molar-refractivity contribution in [3.05, 3.63) is 35.4 Å². The molecule has 0 aromatic heterocycles. The molecule has 1 heterocycles. The topological polar surface area (TPSA) is 49.4 Å². The van der Waals surface area contributed by atoms with E-state index in [9.17, 15) is 9.59 Å². The molecule has 0 bridgehead atoms. The van der Waals surface area contributed by atoms with Gasteiger partial charge < -0.3 is 10.2 Å². The van der Waals surface area contributed by atoms with E-state index in [4.69, 9.17) is 0 Å². The summed E-state index contributed by atoms with van der Waals surface area (Å²) in [4.78, 5) is 27.7. The fraction of sp³-hybridized carbons (Fsp3) is 0.667. The summed E-state index contributed by atoms with van der Waals surface area (Å²) in [7, 11) is 0. The van der Waals surface area contributed by atoms with Gasteiger partial charge in [-0.2, -0.15) is 0 Å². The minimum Gasteiger partial charge on any atom is -0.353 e. The number of nitrogens with one attached hydrogen (secondary N) is 1.